The van der Waals surface area contributed by atoms with Gasteiger partial charge in [0.2, 0.25) is 0 Å². The molecular weight excluding hydrogens is 338 g/mol. The average Bonchev–Trinajstić information content (AvgIpc) is 2.72. The molecular formula is C22H23N3O2. The Hall–Kier alpha value is -2.79. The minimum atomic E-state index is -0.681. The van der Waals surface area contributed by atoms with Crippen molar-refractivity contribution >= 4 is 16.9 Å². The number of para-hydroxylation sites is 1. The van der Waals surface area contributed by atoms with Crippen LogP contribution < -0.4 is 0 Å². The smallest absolute Gasteiger partial charge is 0.306 e. The third kappa shape index (κ3) is 3.98. The van der Waals surface area contributed by atoms with Gasteiger partial charge in [-0.05, 0) is 50.2 Å². The maximum atomic E-state index is 11.3. The largest absolute Gasteiger partial charge is 0.481 e. The van der Waals surface area contributed by atoms with Gasteiger partial charge in [-0.3, -0.25) is 19.7 Å². The van der Waals surface area contributed by atoms with Crippen molar-refractivity contribution in [1.29, 1.82) is 0 Å². The van der Waals surface area contributed by atoms with Crippen LogP contribution in [0.5, 0.6) is 0 Å². The van der Waals surface area contributed by atoms with Crippen molar-refractivity contribution in [2.75, 3.05) is 13.1 Å². The molecule has 0 radical (unpaired) electrons. The van der Waals surface area contributed by atoms with Crippen LogP contribution in [0, 0.1) is 5.92 Å². The Morgan fingerprint density at radius 1 is 1.07 bits per heavy atom. The minimum absolute atomic E-state index is 0.0965. The minimum Gasteiger partial charge on any atom is -0.481 e. The Labute approximate surface area is 158 Å². The highest BCUT2D eigenvalue weighted by Gasteiger charge is 2.30. The molecule has 1 N–H and O–H groups in total. The number of hydrogen-bond acceptors (Lipinski definition) is 4. The zero-order valence-corrected chi connectivity index (χ0v) is 15.2. The van der Waals surface area contributed by atoms with Crippen molar-refractivity contribution in [2.24, 2.45) is 5.92 Å². The Morgan fingerprint density at radius 3 is 2.59 bits per heavy atom. The normalized spacial score (nSPS) is 17.0. The second kappa shape index (κ2) is 7.84. The SMILES string of the molecule is O=C(O)C1CCN(C(Cc2ccccn2)c2ccc3ccccc3n2)CC1. The number of hydrogen-bond donors (Lipinski definition) is 1. The van der Waals surface area contributed by atoms with Crippen molar-refractivity contribution < 1.29 is 9.90 Å². The van der Waals surface area contributed by atoms with Gasteiger partial charge in [-0.1, -0.05) is 30.3 Å². The third-order valence-corrected chi connectivity index (χ3v) is 5.41. The van der Waals surface area contributed by atoms with Crippen molar-refractivity contribution in [2.45, 2.75) is 25.3 Å². The number of fused-ring (bicyclic) bond motifs is 1. The molecule has 1 aromatic carbocycles. The van der Waals surface area contributed by atoms with E-state index in [0.717, 1.165) is 41.8 Å². The first-order valence-electron chi connectivity index (χ1n) is 9.43. The average molecular weight is 361 g/mol. The van der Waals surface area contributed by atoms with E-state index in [1.54, 1.807) is 0 Å². The van der Waals surface area contributed by atoms with Gasteiger partial charge in [-0.25, -0.2) is 0 Å². The van der Waals surface area contributed by atoms with Crippen LogP contribution in [-0.4, -0.2) is 39.0 Å². The monoisotopic (exact) mass is 361 g/mol. The Balaban J connectivity index is 1.64. The number of benzene rings is 1. The molecule has 4 rings (SSSR count). The molecule has 3 heterocycles. The van der Waals surface area contributed by atoms with Crippen LogP contribution in [0.15, 0.2) is 60.8 Å². The van der Waals surface area contributed by atoms with Crippen molar-refractivity contribution in [3.05, 3.63) is 72.2 Å². The van der Waals surface area contributed by atoms with Crippen molar-refractivity contribution in [1.82, 2.24) is 14.9 Å². The van der Waals surface area contributed by atoms with E-state index in [1.807, 2.05) is 42.6 Å². The van der Waals surface area contributed by atoms with E-state index in [4.69, 9.17) is 4.98 Å². The van der Waals surface area contributed by atoms with Crippen LogP contribution in [-0.2, 0) is 11.2 Å². The van der Waals surface area contributed by atoms with E-state index < -0.39 is 5.97 Å². The molecule has 5 nitrogen and oxygen atoms in total. The van der Waals surface area contributed by atoms with Gasteiger partial charge >= 0.3 is 5.97 Å². The summed E-state index contributed by atoms with van der Waals surface area (Å²) in [7, 11) is 0. The highest BCUT2D eigenvalue weighted by Crippen LogP contribution is 2.29. The molecule has 1 saturated heterocycles. The van der Waals surface area contributed by atoms with Crippen LogP contribution in [0.25, 0.3) is 10.9 Å². The predicted molar refractivity (Wildman–Crippen MR) is 104 cm³/mol. The number of pyridine rings is 2. The van der Waals surface area contributed by atoms with Gasteiger partial charge in [-0.15, -0.1) is 0 Å². The fraction of sp³-hybridized carbons (Fsp3) is 0.318. The summed E-state index contributed by atoms with van der Waals surface area (Å²) in [6, 6.07) is 18.4. The van der Waals surface area contributed by atoms with Gasteiger partial charge in [0.25, 0.3) is 0 Å². The maximum absolute atomic E-state index is 11.3. The summed E-state index contributed by atoms with van der Waals surface area (Å²) in [5, 5.41) is 10.4. The second-order valence-corrected chi connectivity index (χ2v) is 7.12. The molecule has 138 valence electrons. The number of carboxylic acid groups (broad SMARTS) is 1. The van der Waals surface area contributed by atoms with E-state index >= 15 is 0 Å². The summed E-state index contributed by atoms with van der Waals surface area (Å²) in [4.78, 5) is 23.1. The number of likely N-dealkylation sites (tertiary alicyclic amines) is 1. The molecule has 0 amide bonds. The molecule has 5 heteroatoms. The van der Waals surface area contributed by atoms with Crippen LogP contribution in [0.2, 0.25) is 0 Å². The first-order valence-corrected chi connectivity index (χ1v) is 9.43. The lowest BCUT2D eigenvalue weighted by Gasteiger charge is -2.36. The summed E-state index contributed by atoms with van der Waals surface area (Å²) < 4.78 is 0. The number of aliphatic carboxylic acids is 1. The molecule has 1 aliphatic heterocycles. The van der Waals surface area contributed by atoms with Gasteiger partial charge in [0.15, 0.2) is 0 Å². The topological polar surface area (TPSA) is 66.3 Å². The number of carboxylic acids is 1. The molecule has 0 spiro atoms. The van der Waals surface area contributed by atoms with Crippen LogP contribution in [0.1, 0.15) is 30.3 Å². The highest BCUT2D eigenvalue weighted by molar-refractivity contribution is 5.78. The molecule has 1 fully saturated rings. The number of nitrogens with zero attached hydrogens (tertiary/aromatic N) is 3. The predicted octanol–water partition coefficient (Wildman–Crippen LogP) is 3.71. The van der Waals surface area contributed by atoms with E-state index in [9.17, 15) is 9.90 Å². The first kappa shape index (κ1) is 17.6. The van der Waals surface area contributed by atoms with Crippen LogP contribution in [0.3, 0.4) is 0 Å². The number of piperidine rings is 1. The fourth-order valence-electron chi connectivity index (χ4n) is 3.86. The van der Waals surface area contributed by atoms with Gasteiger partial charge < -0.3 is 5.11 Å². The zero-order chi connectivity index (χ0) is 18.6. The molecule has 0 bridgehead atoms. The molecule has 27 heavy (non-hydrogen) atoms. The molecule has 1 unspecified atom stereocenters. The van der Waals surface area contributed by atoms with E-state index in [2.05, 4.69) is 28.1 Å². The maximum Gasteiger partial charge on any atom is 0.306 e. The quantitative estimate of drug-likeness (QED) is 0.750. The molecule has 0 aliphatic carbocycles. The number of rotatable bonds is 5. The summed E-state index contributed by atoms with van der Waals surface area (Å²) in [6.07, 6.45) is 3.95. The Kier molecular flexibility index (Phi) is 5.12. The highest BCUT2D eigenvalue weighted by atomic mass is 16.4. The van der Waals surface area contributed by atoms with Gasteiger partial charge in [-0.2, -0.15) is 0 Å². The molecule has 1 atom stereocenters. The van der Waals surface area contributed by atoms with E-state index in [1.165, 1.54) is 0 Å². The van der Waals surface area contributed by atoms with Crippen molar-refractivity contribution in [3.8, 4) is 0 Å². The summed E-state index contributed by atoms with van der Waals surface area (Å²) >= 11 is 0. The van der Waals surface area contributed by atoms with Gasteiger partial charge in [0.05, 0.1) is 23.2 Å². The second-order valence-electron chi connectivity index (χ2n) is 7.12. The first-order chi connectivity index (χ1) is 13.2. The van der Waals surface area contributed by atoms with E-state index in [-0.39, 0.29) is 12.0 Å². The third-order valence-electron chi connectivity index (χ3n) is 5.41. The Bertz CT molecular complexity index is 921. The van der Waals surface area contributed by atoms with Gasteiger partial charge in [0, 0.05) is 23.7 Å². The number of aromatic nitrogens is 2. The Morgan fingerprint density at radius 2 is 1.85 bits per heavy atom. The number of carbonyl (C=O) groups is 1. The lowest BCUT2D eigenvalue weighted by molar-refractivity contribution is -0.143. The molecule has 3 aromatic rings. The zero-order valence-electron chi connectivity index (χ0n) is 15.2. The van der Waals surface area contributed by atoms with Crippen LogP contribution in [0.4, 0.5) is 0 Å². The summed E-state index contributed by atoms with van der Waals surface area (Å²) in [6.45, 7) is 1.53. The van der Waals surface area contributed by atoms with Crippen molar-refractivity contribution in [3.63, 3.8) is 0 Å². The summed E-state index contributed by atoms with van der Waals surface area (Å²) in [5.41, 5.74) is 3.03. The lowest BCUT2D eigenvalue weighted by Crippen LogP contribution is -2.40. The van der Waals surface area contributed by atoms with Crippen LogP contribution >= 0.6 is 0 Å². The molecule has 2 aromatic heterocycles. The lowest BCUT2D eigenvalue weighted by atomic mass is 9.94. The summed E-state index contributed by atoms with van der Waals surface area (Å²) in [5.74, 6) is -0.916. The standard InChI is InChI=1S/C22H23N3O2/c26-22(27)17-10-13-25(14-11-17)21(15-18-6-3-4-12-23-18)20-9-8-16-5-1-2-7-19(16)24-20/h1-9,12,17,21H,10-11,13-15H2,(H,26,27). The van der Waals surface area contributed by atoms with E-state index in [0.29, 0.717) is 12.8 Å². The fourth-order valence-corrected chi connectivity index (χ4v) is 3.86. The molecule has 0 saturated carbocycles. The molecule has 1 aliphatic rings. The van der Waals surface area contributed by atoms with Gasteiger partial charge in [0.1, 0.15) is 0 Å².